The Kier molecular flexibility index (Phi) is 5.63. The molecule has 33 heavy (non-hydrogen) atoms. The number of carbonyl (C=O) groups excluding carboxylic acids is 1. The summed E-state index contributed by atoms with van der Waals surface area (Å²) in [6.45, 7) is 3.36. The van der Waals surface area contributed by atoms with Crippen LogP contribution in [0.2, 0.25) is 0 Å². The number of hydrogen-bond acceptors (Lipinski definition) is 5. The fraction of sp³-hybridized carbons (Fsp3) is 0.160. The van der Waals surface area contributed by atoms with E-state index in [4.69, 9.17) is 0 Å². The van der Waals surface area contributed by atoms with Gasteiger partial charge in [-0.15, -0.1) is 0 Å². The van der Waals surface area contributed by atoms with Crippen LogP contribution >= 0.6 is 0 Å². The smallest absolute Gasteiger partial charge is 0.277 e. The summed E-state index contributed by atoms with van der Waals surface area (Å²) >= 11 is 0. The van der Waals surface area contributed by atoms with Gasteiger partial charge in [0.25, 0.3) is 5.91 Å². The molecule has 7 nitrogen and oxygen atoms in total. The lowest BCUT2D eigenvalue weighted by atomic mass is 9.93. The van der Waals surface area contributed by atoms with Crippen molar-refractivity contribution >= 4 is 26.6 Å². The first-order valence-electron chi connectivity index (χ1n) is 10.2. The fourth-order valence-electron chi connectivity index (χ4n) is 3.46. The molecule has 4 aromatic rings. The summed E-state index contributed by atoms with van der Waals surface area (Å²) in [7, 11) is -3.39. The molecule has 0 saturated carbocycles. The van der Waals surface area contributed by atoms with Gasteiger partial charge in [0.1, 0.15) is 0 Å². The van der Waals surface area contributed by atoms with E-state index < -0.39 is 20.5 Å². The first kappa shape index (κ1) is 22.4. The molecule has 0 bridgehead atoms. The van der Waals surface area contributed by atoms with Crippen molar-refractivity contribution in [1.82, 2.24) is 9.71 Å². The molecule has 2 aromatic heterocycles. The highest BCUT2D eigenvalue weighted by Gasteiger charge is 2.33. The van der Waals surface area contributed by atoms with Crippen molar-refractivity contribution in [2.24, 2.45) is 4.99 Å². The van der Waals surface area contributed by atoms with E-state index in [0.29, 0.717) is 22.0 Å². The number of pyridine rings is 2. The Bertz CT molecular complexity index is 1530. The summed E-state index contributed by atoms with van der Waals surface area (Å²) in [5.41, 5.74) is 3.19. The molecule has 0 spiro atoms. The molecule has 0 aliphatic rings. The third kappa shape index (κ3) is 4.42. The van der Waals surface area contributed by atoms with Crippen molar-refractivity contribution in [2.75, 3.05) is 6.26 Å². The Morgan fingerprint density at radius 1 is 1.03 bits per heavy atom. The van der Waals surface area contributed by atoms with Crippen LogP contribution in [0.4, 0.5) is 0 Å². The maximum atomic E-state index is 12.8. The molecule has 0 aliphatic heterocycles. The monoisotopic (exact) mass is 461 g/mol. The Morgan fingerprint density at radius 3 is 2.45 bits per heavy atom. The van der Waals surface area contributed by atoms with Crippen molar-refractivity contribution in [1.29, 1.82) is 0 Å². The SMILES string of the molecule is CC(C)(c1cc(-c2cccc(C(=O)N=c3ccn(O)cc3)c2)c2ncccc2c1)S(C)(=O)=O. The number of amides is 1. The number of benzene rings is 2. The average molecular weight is 462 g/mol. The van der Waals surface area contributed by atoms with Crippen LogP contribution in [-0.4, -0.2) is 35.5 Å². The van der Waals surface area contributed by atoms with Gasteiger partial charge in [-0.05, 0) is 67.4 Å². The largest absolute Gasteiger partial charge is 0.429 e. The van der Waals surface area contributed by atoms with E-state index in [2.05, 4.69) is 9.98 Å². The zero-order chi connectivity index (χ0) is 23.8. The molecular weight excluding hydrogens is 438 g/mol. The van der Waals surface area contributed by atoms with Gasteiger partial charge >= 0.3 is 0 Å². The van der Waals surface area contributed by atoms with E-state index in [9.17, 15) is 18.4 Å². The van der Waals surface area contributed by atoms with Crippen LogP contribution in [0.25, 0.3) is 22.0 Å². The van der Waals surface area contributed by atoms with Crippen LogP contribution < -0.4 is 5.36 Å². The number of hydrogen-bond donors (Lipinski definition) is 1. The number of fused-ring (bicyclic) bond motifs is 1. The van der Waals surface area contributed by atoms with Crippen LogP contribution in [-0.2, 0) is 14.6 Å². The third-order valence-corrected chi connectivity index (χ3v) is 7.86. The summed E-state index contributed by atoms with van der Waals surface area (Å²) in [5, 5.41) is 10.6. The van der Waals surface area contributed by atoms with Crippen molar-refractivity contribution in [3.8, 4) is 11.1 Å². The number of aromatic nitrogens is 2. The summed E-state index contributed by atoms with van der Waals surface area (Å²) in [6, 6.07) is 17.4. The van der Waals surface area contributed by atoms with Gasteiger partial charge < -0.3 is 5.21 Å². The molecule has 0 atom stereocenters. The van der Waals surface area contributed by atoms with Gasteiger partial charge in [-0.25, -0.2) is 18.1 Å². The van der Waals surface area contributed by atoms with Gasteiger partial charge in [-0.3, -0.25) is 9.78 Å². The maximum absolute atomic E-state index is 12.8. The Balaban J connectivity index is 1.87. The van der Waals surface area contributed by atoms with Crippen LogP contribution in [0.3, 0.4) is 0 Å². The molecule has 1 N–H and O–H groups in total. The minimum Gasteiger partial charge on any atom is -0.429 e. The number of nitrogens with zero attached hydrogens (tertiary/aromatic N) is 3. The Labute approximate surface area is 191 Å². The molecule has 0 saturated heterocycles. The zero-order valence-electron chi connectivity index (χ0n) is 18.4. The molecular formula is C25H23N3O4S. The Hall–Kier alpha value is -3.78. The van der Waals surface area contributed by atoms with E-state index >= 15 is 0 Å². The molecule has 0 radical (unpaired) electrons. The van der Waals surface area contributed by atoms with E-state index in [1.165, 1.54) is 30.8 Å². The standard InChI is InChI=1S/C25H23N3O4S/c1-25(2,33(3,31)32)20-15-18-8-5-11-26-23(18)22(16-20)17-6-4-7-19(14-17)24(29)27-21-9-12-28(30)13-10-21/h4-16,30H,1-3H3. The summed E-state index contributed by atoms with van der Waals surface area (Å²) in [5.74, 6) is -0.433. The van der Waals surface area contributed by atoms with Crippen LogP contribution in [0.15, 0.2) is 84.2 Å². The lowest BCUT2D eigenvalue weighted by Gasteiger charge is -2.24. The summed E-state index contributed by atoms with van der Waals surface area (Å²) in [4.78, 5) is 21.4. The molecule has 1 amide bonds. The number of carbonyl (C=O) groups is 1. The molecule has 2 aromatic carbocycles. The number of sulfone groups is 1. The van der Waals surface area contributed by atoms with Crippen molar-refractivity contribution in [3.05, 3.63) is 95.7 Å². The topological polar surface area (TPSA) is 102 Å². The van der Waals surface area contributed by atoms with Gasteiger partial charge in [-0.2, -0.15) is 0 Å². The summed E-state index contributed by atoms with van der Waals surface area (Å²) in [6.07, 6.45) is 5.67. The van der Waals surface area contributed by atoms with E-state index in [1.54, 1.807) is 44.3 Å². The second-order valence-corrected chi connectivity index (χ2v) is 10.9. The molecule has 2 heterocycles. The highest BCUT2D eigenvalue weighted by Crippen LogP contribution is 2.36. The first-order valence-corrected chi connectivity index (χ1v) is 12.1. The average Bonchev–Trinajstić information content (AvgIpc) is 2.79. The van der Waals surface area contributed by atoms with Crippen LogP contribution in [0, 0.1) is 0 Å². The van der Waals surface area contributed by atoms with E-state index in [0.717, 1.165) is 21.2 Å². The minimum atomic E-state index is -3.39. The lowest BCUT2D eigenvalue weighted by molar-refractivity contribution is 0.0998. The molecule has 168 valence electrons. The predicted octanol–water partition coefficient (Wildman–Crippen LogP) is 3.96. The first-order chi connectivity index (χ1) is 15.6. The summed E-state index contributed by atoms with van der Waals surface area (Å²) < 4.78 is 24.7. The second kappa shape index (κ2) is 8.29. The highest BCUT2D eigenvalue weighted by molar-refractivity contribution is 7.91. The highest BCUT2D eigenvalue weighted by atomic mass is 32.2. The van der Waals surface area contributed by atoms with E-state index in [1.807, 2.05) is 24.3 Å². The van der Waals surface area contributed by atoms with Gasteiger partial charge in [0, 0.05) is 41.4 Å². The molecule has 0 fully saturated rings. The van der Waals surface area contributed by atoms with E-state index in [-0.39, 0.29) is 0 Å². The Morgan fingerprint density at radius 2 is 1.76 bits per heavy atom. The maximum Gasteiger partial charge on any atom is 0.277 e. The molecule has 0 unspecified atom stereocenters. The van der Waals surface area contributed by atoms with Gasteiger partial charge in [0.15, 0.2) is 9.84 Å². The lowest BCUT2D eigenvalue weighted by Crippen LogP contribution is -2.28. The third-order valence-electron chi connectivity index (χ3n) is 5.77. The zero-order valence-corrected chi connectivity index (χ0v) is 19.2. The van der Waals surface area contributed by atoms with Gasteiger partial charge in [-0.1, -0.05) is 18.2 Å². The molecule has 0 aliphatic carbocycles. The van der Waals surface area contributed by atoms with Crippen molar-refractivity contribution in [3.63, 3.8) is 0 Å². The quantitative estimate of drug-likeness (QED) is 0.464. The second-order valence-electron chi connectivity index (χ2n) is 8.32. The van der Waals surface area contributed by atoms with Crippen LogP contribution in [0.1, 0.15) is 29.8 Å². The number of rotatable bonds is 4. The normalized spacial score (nSPS) is 12.0. The molecule has 8 heteroatoms. The fourth-order valence-corrected chi connectivity index (χ4v) is 4.01. The van der Waals surface area contributed by atoms with Gasteiger partial charge in [0.2, 0.25) is 0 Å². The van der Waals surface area contributed by atoms with Gasteiger partial charge in [0.05, 0.1) is 15.6 Å². The molecule has 4 rings (SSSR count). The predicted molar refractivity (Wildman–Crippen MR) is 127 cm³/mol. The minimum absolute atomic E-state index is 0.380. The van der Waals surface area contributed by atoms with Crippen molar-refractivity contribution < 1.29 is 18.4 Å². The van der Waals surface area contributed by atoms with Crippen molar-refractivity contribution in [2.45, 2.75) is 18.6 Å². The van der Waals surface area contributed by atoms with Crippen LogP contribution in [0.5, 0.6) is 0 Å².